The Morgan fingerprint density at radius 1 is 1.32 bits per heavy atom. The molecule has 0 fully saturated rings. The number of furan rings is 1. The number of ether oxygens (including phenoxy) is 1. The van der Waals surface area contributed by atoms with Crippen molar-refractivity contribution < 1.29 is 23.8 Å². The van der Waals surface area contributed by atoms with Gasteiger partial charge >= 0.3 is 5.97 Å². The highest BCUT2D eigenvalue weighted by atomic mass is 16.5. The number of hydrogen-bond acceptors (Lipinski definition) is 4. The smallest absolute Gasteiger partial charge is 0.339 e. The number of carboxylic acid groups (broad SMARTS) is 1. The van der Waals surface area contributed by atoms with Crippen LogP contribution < -0.4 is 4.74 Å². The van der Waals surface area contributed by atoms with E-state index in [9.17, 15) is 9.59 Å². The monoisotopic (exact) mass is 341 g/mol. The average molecular weight is 341 g/mol. The molecule has 0 atom stereocenters. The summed E-state index contributed by atoms with van der Waals surface area (Å²) in [6.45, 7) is 2.49. The van der Waals surface area contributed by atoms with Crippen LogP contribution in [0.3, 0.4) is 0 Å². The molecule has 0 spiro atoms. The largest absolute Gasteiger partial charge is 0.493 e. The Balaban J connectivity index is 1.64. The minimum Gasteiger partial charge on any atom is -0.493 e. The summed E-state index contributed by atoms with van der Waals surface area (Å²) in [6.07, 6.45) is 4.13. The third-order valence-electron chi connectivity index (χ3n) is 4.10. The van der Waals surface area contributed by atoms with Crippen LogP contribution in [0.2, 0.25) is 0 Å². The number of aryl methyl sites for hydroxylation is 1. The lowest BCUT2D eigenvalue weighted by atomic mass is 10.1. The first-order valence-corrected chi connectivity index (χ1v) is 7.95. The molecule has 1 aromatic heterocycles. The van der Waals surface area contributed by atoms with Gasteiger partial charge in [-0.25, -0.2) is 4.79 Å². The number of carbonyl (C=O) groups is 2. The van der Waals surface area contributed by atoms with Crippen molar-refractivity contribution in [3.63, 3.8) is 0 Å². The standard InChI is InChI=1S/C19H19NO5/c1-12-16(19(22)23)10-15(25-12)11-20(2)18(21)6-4-13-3-5-17-14(9-13)7-8-24-17/h3-6,9-10H,7-8,11H2,1-2H3,(H,22,23)/b6-4+. The lowest BCUT2D eigenvalue weighted by Crippen LogP contribution is -2.23. The Morgan fingerprint density at radius 3 is 2.84 bits per heavy atom. The van der Waals surface area contributed by atoms with Crippen molar-refractivity contribution in [3.05, 3.63) is 58.6 Å². The summed E-state index contributed by atoms with van der Waals surface area (Å²) in [7, 11) is 1.64. The van der Waals surface area contributed by atoms with E-state index in [0.29, 0.717) is 18.1 Å². The van der Waals surface area contributed by atoms with E-state index in [1.165, 1.54) is 17.0 Å². The topological polar surface area (TPSA) is 80.0 Å². The fourth-order valence-electron chi connectivity index (χ4n) is 2.75. The third kappa shape index (κ3) is 3.74. The number of carbonyl (C=O) groups excluding carboxylic acids is 1. The third-order valence-corrected chi connectivity index (χ3v) is 4.10. The van der Waals surface area contributed by atoms with Gasteiger partial charge in [-0.15, -0.1) is 0 Å². The zero-order valence-corrected chi connectivity index (χ0v) is 14.1. The average Bonchev–Trinajstić information content (AvgIpc) is 3.18. The van der Waals surface area contributed by atoms with Crippen molar-refractivity contribution in [2.45, 2.75) is 19.9 Å². The maximum absolute atomic E-state index is 12.2. The zero-order chi connectivity index (χ0) is 18.0. The molecule has 2 aromatic rings. The highest BCUT2D eigenvalue weighted by Crippen LogP contribution is 2.26. The van der Waals surface area contributed by atoms with E-state index in [1.807, 2.05) is 18.2 Å². The molecule has 2 heterocycles. The van der Waals surface area contributed by atoms with Crippen molar-refractivity contribution in [2.24, 2.45) is 0 Å². The van der Waals surface area contributed by atoms with Crippen LogP contribution in [0.1, 0.15) is 33.0 Å². The second kappa shape index (κ2) is 6.84. The highest BCUT2D eigenvalue weighted by molar-refractivity contribution is 5.92. The fourth-order valence-corrected chi connectivity index (χ4v) is 2.75. The first-order valence-electron chi connectivity index (χ1n) is 7.95. The summed E-state index contributed by atoms with van der Waals surface area (Å²) in [6, 6.07) is 7.28. The molecule has 25 heavy (non-hydrogen) atoms. The molecule has 1 N–H and O–H groups in total. The lowest BCUT2D eigenvalue weighted by Gasteiger charge is -2.13. The van der Waals surface area contributed by atoms with Gasteiger partial charge in [0.2, 0.25) is 5.91 Å². The first-order chi connectivity index (χ1) is 11.9. The number of amides is 1. The quantitative estimate of drug-likeness (QED) is 0.846. The predicted octanol–water partition coefficient (Wildman–Crippen LogP) is 2.89. The Bertz CT molecular complexity index is 849. The van der Waals surface area contributed by atoms with Crippen LogP contribution in [0.4, 0.5) is 0 Å². The maximum atomic E-state index is 12.2. The summed E-state index contributed by atoms with van der Waals surface area (Å²) < 4.78 is 10.9. The van der Waals surface area contributed by atoms with E-state index in [2.05, 4.69) is 0 Å². The van der Waals surface area contributed by atoms with Crippen molar-refractivity contribution in [2.75, 3.05) is 13.7 Å². The summed E-state index contributed by atoms with van der Waals surface area (Å²) in [5.74, 6) is 0.445. The molecule has 0 saturated heterocycles. The number of aromatic carboxylic acids is 1. The van der Waals surface area contributed by atoms with Gasteiger partial charge < -0.3 is 19.2 Å². The van der Waals surface area contributed by atoms with Crippen LogP contribution >= 0.6 is 0 Å². The number of likely N-dealkylation sites (N-methyl/N-ethyl adjacent to an activating group) is 1. The van der Waals surface area contributed by atoms with Crippen molar-refractivity contribution >= 4 is 18.0 Å². The molecule has 6 nitrogen and oxygen atoms in total. The molecule has 0 aliphatic carbocycles. The van der Waals surface area contributed by atoms with Crippen LogP contribution in [0.5, 0.6) is 5.75 Å². The second-order valence-corrected chi connectivity index (χ2v) is 5.98. The normalized spacial score (nSPS) is 12.9. The SMILES string of the molecule is Cc1oc(CN(C)C(=O)/C=C/c2ccc3c(c2)CCO3)cc1C(=O)O. The molecule has 130 valence electrons. The number of fused-ring (bicyclic) bond motifs is 1. The van der Waals surface area contributed by atoms with Crippen LogP contribution in [0.25, 0.3) is 6.08 Å². The summed E-state index contributed by atoms with van der Waals surface area (Å²) in [5, 5.41) is 9.04. The molecule has 1 aliphatic rings. The Morgan fingerprint density at radius 2 is 2.12 bits per heavy atom. The summed E-state index contributed by atoms with van der Waals surface area (Å²) in [5.41, 5.74) is 2.20. The number of carboxylic acids is 1. The van der Waals surface area contributed by atoms with Gasteiger partial charge in [0.15, 0.2) is 0 Å². The molecular formula is C19H19NO5. The lowest BCUT2D eigenvalue weighted by molar-refractivity contribution is -0.125. The van der Waals surface area contributed by atoms with Gasteiger partial charge in [-0.05, 0) is 42.3 Å². The molecule has 1 aliphatic heterocycles. The van der Waals surface area contributed by atoms with E-state index < -0.39 is 5.97 Å². The molecule has 0 unspecified atom stereocenters. The minimum absolute atomic E-state index is 0.117. The Hall–Kier alpha value is -3.02. The number of benzene rings is 1. The molecule has 1 amide bonds. The molecule has 6 heteroatoms. The number of nitrogens with zero attached hydrogens (tertiary/aromatic N) is 1. The van der Waals surface area contributed by atoms with Gasteiger partial charge in [0.1, 0.15) is 22.8 Å². The van der Waals surface area contributed by atoms with Gasteiger partial charge in [0.25, 0.3) is 0 Å². The van der Waals surface area contributed by atoms with Gasteiger partial charge in [0.05, 0.1) is 13.2 Å². The van der Waals surface area contributed by atoms with Crippen LogP contribution in [-0.4, -0.2) is 35.5 Å². The Labute approximate surface area is 145 Å². The molecule has 0 bridgehead atoms. The van der Waals surface area contributed by atoms with Crippen molar-refractivity contribution in [1.82, 2.24) is 4.90 Å². The van der Waals surface area contributed by atoms with E-state index in [1.54, 1.807) is 20.0 Å². The molecule has 3 rings (SSSR count). The van der Waals surface area contributed by atoms with Crippen LogP contribution in [0.15, 0.2) is 34.8 Å². The zero-order valence-electron chi connectivity index (χ0n) is 14.1. The van der Waals surface area contributed by atoms with E-state index in [4.69, 9.17) is 14.3 Å². The van der Waals surface area contributed by atoms with Gasteiger partial charge in [-0.3, -0.25) is 4.79 Å². The van der Waals surface area contributed by atoms with Crippen LogP contribution in [-0.2, 0) is 17.8 Å². The van der Waals surface area contributed by atoms with Gasteiger partial charge in [0, 0.05) is 19.5 Å². The fraction of sp³-hybridized carbons (Fsp3) is 0.263. The molecule has 1 aromatic carbocycles. The van der Waals surface area contributed by atoms with Crippen molar-refractivity contribution in [3.8, 4) is 5.75 Å². The second-order valence-electron chi connectivity index (χ2n) is 5.98. The van der Waals surface area contributed by atoms with Gasteiger partial charge in [-0.2, -0.15) is 0 Å². The molecule has 0 saturated carbocycles. The Kier molecular flexibility index (Phi) is 4.61. The van der Waals surface area contributed by atoms with E-state index in [0.717, 1.165) is 23.3 Å². The number of hydrogen-bond donors (Lipinski definition) is 1. The molecular weight excluding hydrogens is 322 g/mol. The van der Waals surface area contributed by atoms with Gasteiger partial charge in [-0.1, -0.05) is 6.07 Å². The van der Waals surface area contributed by atoms with E-state index >= 15 is 0 Å². The predicted molar refractivity (Wildman–Crippen MR) is 91.6 cm³/mol. The van der Waals surface area contributed by atoms with Crippen LogP contribution in [0, 0.1) is 6.92 Å². The molecule has 0 radical (unpaired) electrons. The maximum Gasteiger partial charge on any atom is 0.339 e. The first kappa shape index (κ1) is 16.8. The van der Waals surface area contributed by atoms with E-state index in [-0.39, 0.29) is 18.0 Å². The minimum atomic E-state index is -1.04. The summed E-state index contributed by atoms with van der Waals surface area (Å²) >= 11 is 0. The number of rotatable bonds is 5. The highest BCUT2D eigenvalue weighted by Gasteiger charge is 2.16. The van der Waals surface area contributed by atoms with Crippen molar-refractivity contribution in [1.29, 1.82) is 0 Å². The summed E-state index contributed by atoms with van der Waals surface area (Å²) in [4.78, 5) is 24.7.